The Morgan fingerprint density at radius 2 is 1.71 bits per heavy atom. The van der Waals surface area contributed by atoms with Gasteiger partial charge in [0.1, 0.15) is 11.5 Å². The first-order chi connectivity index (χ1) is 17.0. The van der Waals surface area contributed by atoms with Crippen LogP contribution in [0, 0.1) is 6.92 Å². The van der Waals surface area contributed by atoms with Gasteiger partial charge in [0.15, 0.2) is 0 Å². The van der Waals surface area contributed by atoms with Crippen molar-refractivity contribution in [3.63, 3.8) is 0 Å². The average molecular weight is 467 g/mol. The summed E-state index contributed by atoms with van der Waals surface area (Å²) in [6, 6.07) is 21.8. The van der Waals surface area contributed by atoms with Gasteiger partial charge >= 0.3 is 0 Å². The van der Waals surface area contributed by atoms with Crippen LogP contribution in [-0.4, -0.2) is 40.3 Å². The number of methoxy groups -OCH3 is 1. The maximum absolute atomic E-state index is 13.2. The molecule has 176 valence electrons. The number of Topliss-reactive ketones (excluding diaryl/α,β-unsaturated/α-hetero) is 1. The molecule has 1 aliphatic rings. The maximum atomic E-state index is 13.2. The predicted octanol–water partition coefficient (Wildman–Crippen LogP) is 5.15. The number of H-pyrrole nitrogens is 1. The normalized spacial score (nSPS) is 17.3. The molecule has 0 spiro atoms. The number of fused-ring (bicyclic) bond motifs is 1. The number of aromatic amines is 1. The summed E-state index contributed by atoms with van der Waals surface area (Å²) < 4.78 is 5.20. The average Bonchev–Trinajstić information content (AvgIpc) is 3.41. The molecule has 1 aromatic heterocycles. The number of rotatable bonds is 6. The Balaban J connectivity index is 1.55. The topological polar surface area (TPSA) is 82.6 Å². The van der Waals surface area contributed by atoms with Crippen molar-refractivity contribution in [3.8, 4) is 5.75 Å². The molecule has 0 saturated carbocycles. The highest BCUT2D eigenvalue weighted by Crippen LogP contribution is 2.40. The summed E-state index contributed by atoms with van der Waals surface area (Å²) >= 11 is 0. The van der Waals surface area contributed by atoms with Crippen LogP contribution in [0.3, 0.4) is 0 Å². The van der Waals surface area contributed by atoms with Gasteiger partial charge in [-0.25, -0.2) is 0 Å². The number of ether oxygens (including phenoxy) is 1. The van der Waals surface area contributed by atoms with Gasteiger partial charge in [-0.2, -0.15) is 0 Å². The summed E-state index contributed by atoms with van der Waals surface area (Å²) in [5.41, 5.74) is 4.50. The molecule has 6 nitrogen and oxygen atoms in total. The number of para-hydroxylation sites is 1. The van der Waals surface area contributed by atoms with E-state index in [4.69, 9.17) is 4.74 Å². The van der Waals surface area contributed by atoms with Crippen molar-refractivity contribution in [1.29, 1.82) is 0 Å². The molecule has 0 radical (unpaired) electrons. The van der Waals surface area contributed by atoms with E-state index in [0.717, 1.165) is 27.6 Å². The lowest BCUT2D eigenvalue weighted by atomic mass is 9.94. The third-order valence-electron chi connectivity index (χ3n) is 6.59. The molecule has 1 saturated heterocycles. The number of hydrogen-bond acceptors (Lipinski definition) is 4. The van der Waals surface area contributed by atoms with E-state index in [-0.39, 0.29) is 11.3 Å². The number of aliphatic hydroxyl groups excluding tert-OH is 1. The van der Waals surface area contributed by atoms with Gasteiger partial charge < -0.3 is 19.7 Å². The van der Waals surface area contributed by atoms with E-state index in [2.05, 4.69) is 4.98 Å². The number of carbonyl (C=O) groups excluding carboxylic acids is 2. The zero-order chi connectivity index (χ0) is 24.5. The monoisotopic (exact) mass is 466 g/mol. The highest BCUT2D eigenvalue weighted by molar-refractivity contribution is 6.46. The zero-order valence-electron chi connectivity index (χ0n) is 19.6. The zero-order valence-corrected chi connectivity index (χ0v) is 19.6. The molecular weight excluding hydrogens is 440 g/mol. The van der Waals surface area contributed by atoms with Crippen LogP contribution in [-0.2, 0) is 16.0 Å². The number of likely N-dealkylation sites (tertiary alicyclic amines) is 1. The van der Waals surface area contributed by atoms with E-state index in [1.165, 1.54) is 0 Å². The summed E-state index contributed by atoms with van der Waals surface area (Å²) in [5, 5.41) is 12.3. The van der Waals surface area contributed by atoms with Gasteiger partial charge in [0.2, 0.25) is 0 Å². The van der Waals surface area contributed by atoms with Gasteiger partial charge in [0, 0.05) is 29.2 Å². The fraction of sp³-hybridized carbons (Fsp3) is 0.172. The van der Waals surface area contributed by atoms with Crippen LogP contribution in [0.5, 0.6) is 5.75 Å². The highest BCUT2D eigenvalue weighted by Gasteiger charge is 2.45. The third kappa shape index (κ3) is 4.08. The molecule has 3 aromatic carbocycles. The quantitative estimate of drug-likeness (QED) is 0.234. The van der Waals surface area contributed by atoms with Gasteiger partial charge in [-0.05, 0) is 54.8 Å². The molecule has 1 fully saturated rings. The minimum absolute atomic E-state index is 0.1000. The first-order valence-electron chi connectivity index (χ1n) is 11.5. The van der Waals surface area contributed by atoms with Crippen molar-refractivity contribution < 1.29 is 19.4 Å². The van der Waals surface area contributed by atoms with Crippen molar-refractivity contribution in [2.24, 2.45) is 0 Å². The maximum Gasteiger partial charge on any atom is 0.295 e. The van der Waals surface area contributed by atoms with Gasteiger partial charge in [-0.1, -0.05) is 48.0 Å². The molecule has 1 aliphatic heterocycles. The molecule has 6 heteroatoms. The Morgan fingerprint density at radius 3 is 2.43 bits per heavy atom. The second kappa shape index (κ2) is 9.14. The summed E-state index contributed by atoms with van der Waals surface area (Å²) in [7, 11) is 1.56. The largest absolute Gasteiger partial charge is 0.507 e. The Bertz CT molecular complexity index is 1430. The fourth-order valence-electron chi connectivity index (χ4n) is 4.69. The van der Waals surface area contributed by atoms with Gasteiger partial charge in [0.25, 0.3) is 11.7 Å². The molecule has 4 aromatic rings. The Kier molecular flexibility index (Phi) is 5.87. The minimum Gasteiger partial charge on any atom is -0.507 e. The van der Waals surface area contributed by atoms with Crippen LogP contribution < -0.4 is 4.74 Å². The Labute approximate surface area is 203 Å². The van der Waals surface area contributed by atoms with Crippen LogP contribution in [0.1, 0.15) is 28.3 Å². The number of aryl methyl sites for hydroxylation is 1. The van der Waals surface area contributed by atoms with E-state index in [0.29, 0.717) is 24.3 Å². The molecule has 0 aliphatic carbocycles. The second-order valence-electron chi connectivity index (χ2n) is 8.74. The lowest BCUT2D eigenvalue weighted by Crippen LogP contribution is -2.31. The standard InChI is InChI=1S/C29H26N2O4/c1-18-7-9-19(10-8-18)26-25(27(32)20-11-13-22(35-2)14-12-20)28(33)29(34)31(26)16-15-21-17-30-24-6-4-3-5-23(21)24/h3-14,17,26,30,32H,15-16H2,1-2H3/b27-25+. The molecule has 1 unspecified atom stereocenters. The van der Waals surface area contributed by atoms with Crippen LogP contribution in [0.2, 0.25) is 0 Å². The Morgan fingerprint density at radius 1 is 1.00 bits per heavy atom. The number of nitrogens with zero attached hydrogens (tertiary/aromatic N) is 1. The lowest BCUT2D eigenvalue weighted by Gasteiger charge is -2.25. The molecule has 1 amide bonds. The molecule has 35 heavy (non-hydrogen) atoms. The summed E-state index contributed by atoms with van der Waals surface area (Å²) in [6.07, 6.45) is 2.52. The SMILES string of the molecule is COc1ccc(/C(O)=C2\C(=O)C(=O)N(CCc3c[nH]c4ccccc34)C2c2ccc(C)cc2)cc1. The first-order valence-corrected chi connectivity index (χ1v) is 11.5. The van der Waals surface area contributed by atoms with Crippen molar-refractivity contribution in [3.05, 3.63) is 107 Å². The summed E-state index contributed by atoms with van der Waals surface area (Å²) in [6.45, 7) is 2.32. The third-order valence-corrected chi connectivity index (χ3v) is 6.59. The first kappa shape index (κ1) is 22.5. The van der Waals surface area contributed by atoms with Crippen LogP contribution in [0.4, 0.5) is 0 Å². The van der Waals surface area contributed by atoms with Gasteiger partial charge in [-0.3, -0.25) is 9.59 Å². The predicted molar refractivity (Wildman–Crippen MR) is 135 cm³/mol. The number of hydrogen-bond donors (Lipinski definition) is 2. The highest BCUT2D eigenvalue weighted by atomic mass is 16.5. The summed E-state index contributed by atoms with van der Waals surface area (Å²) in [4.78, 5) is 31.3. The molecule has 0 bridgehead atoms. The molecule has 2 N–H and O–H groups in total. The number of aromatic nitrogens is 1. The molecular formula is C29H26N2O4. The van der Waals surface area contributed by atoms with Crippen LogP contribution in [0.25, 0.3) is 16.7 Å². The number of aliphatic hydroxyl groups is 1. The second-order valence-corrected chi connectivity index (χ2v) is 8.74. The number of ketones is 1. The molecule has 2 heterocycles. The Hall–Kier alpha value is -4.32. The van der Waals surface area contributed by atoms with E-state index >= 15 is 0 Å². The number of benzene rings is 3. The van der Waals surface area contributed by atoms with Gasteiger partial charge in [0.05, 0.1) is 18.7 Å². The van der Waals surface area contributed by atoms with Gasteiger partial charge in [-0.15, -0.1) is 0 Å². The van der Waals surface area contributed by atoms with E-state index < -0.39 is 17.7 Å². The van der Waals surface area contributed by atoms with Crippen molar-refractivity contribution in [2.75, 3.05) is 13.7 Å². The number of amides is 1. The van der Waals surface area contributed by atoms with E-state index in [1.54, 1.807) is 36.3 Å². The molecule has 5 rings (SSSR count). The lowest BCUT2D eigenvalue weighted by molar-refractivity contribution is -0.139. The van der Waals surface area contributed by atoms with Crippen LogP contribution in [0.15, 0.2) is 84.6 Å². The van der Waals surface area contributed by atoms with Crippen LogP contribution >= 0.6 is 0 Å². The number of carbonyl (C=O) groups is 2. The number of nitrogens with one attached hydrogen (secondary N) is 1. The summed E-state index contributed by atoms with van der Waals surface area (Å²) in [5.74, 6) is -0.838. The van der Waals surface area contributed by atoms with E-state index in [1.807, 2.05) is 61.7 Å². The fourth-order valence-corrected chi connectivity index (χ4v) is 4.69. The smallest absolute Gasteiger partial charge is 0.295 e. The van der Waals surface area contributed by atoms with Crippen molar-refractivity contribution in [2.45, 2.75) is 19.4 Å². The van der Waals surface area contributed by atoms with Crippen molar-refractivity contribution >= 4 is 28.4 Å². The van der Waals surface area contributed by atoms with Crippen molar-refractivity contribution in [1.82, 2.24) is 9.88 Å². The molecule has 1 atom stereocenters. The van der Waals surface area contributed by atoms with E-state index in [9.17, 15) is 14.7 Å². The minimum atomic E-state index is -0.678.